The normalized spacial score (nSPS) is 14.0. The fourth-order valence-electron chi connectivity index (χ4n) is 4.37. The fraction of sp³-hybridized carbons (Fsp3) is 0.296. The lowest BCUT2D eigenvalue weighted by Gasteiger charge is -2.33. The zero-order valence-corrected chi connectivity index (χ0v) is 19.9. The molecule has 8 nitrogen and oxygen atoms in total. The summed E-state index contributed by atoms with van der Waals surface area (Å²) in [6, 6.07) is 18.6. The molecule has 4 rings (SSSR count). The highest BCUT2D eigenvalue weighted by atomic mass is 16.5. The van der Waals surface area contributed by atoms with Crippen LogP contribution in [0.15, 0.2) is 60.7 Å². The van der Waals surface area contributed by atoms with Crippen LogP contribution in [0.25, 0.3) is 10.8 Å². The van der Waals surface area contributed by atoms with E-state index in [4.69, 9.17) is 21.6 Å². The molecule has 0 unspecified atom stereocenters. The summed E-state index contributed by atoms with van der Waals surface area (Å²) in [7, 11) is 0. The number of amides is 2. The van der Waals surface area contributed by atoms with Crippen molar-refractivity contribution in [1.29, 1.82) is 5.41 Å². The van der Waals surface area contributed by atoms with E-state index < -0.39 is 11.8 Å². The molecule has 5 N–H and O–H groups in total. The SMILES string of the molecule is CCC(=N)N1CCC(Oc2ccc(N(Cc3ccc4ccc(N)cc4c3)C(=O)C(N)=O)cc2)CC1. The third-order valence-corrected chi connectivity index (χ3v) is 6.34. The molecular formula is C27H31N5O3. The van der Waals surface area contributed by atoms with Gasteiger partial charge in [0, 0.05) is 43.7 Å². The van der Waals surface area contributed by atoms with Gasteiger partial charge < -0.3 is 21.1 Å². The monoisotopic (exact) mass is 473 g/mol. The molecule has 0 radical (unpaired) electrons. The molecule has 0 saturated carbocycles. The molecule has 2 amide bonds. The fourth-order valence-corrected chi connectivity index (χ4v) is 4.37. The van der Waals surface area contributed by atoms with E-state index in [1.54, 1.807) is 24.3 Å². The van der Waals surface area contributed by atoms with Gasteiger partial charge in [0.15, 0.2) is 0 Å². The van der Waals surface area contributed by atoms with Crippen LogP contribution < -0.4 is 21.1 Å². The Hall–Kier alpha value is -4.07. The lowest BCUT2D eigenvalue weighted by atomic mass is 10.1. The average molecular weight is 474 g/mol. The minimum Gasteiger partial charge on any atom is -0.490 e. The standard InChI is InChI=1S/C27H31N5O3/c1-2-25(29)31-13-11-24(12-14-31)35-23-9-7-22(8-10-23)32(27(34)26(30)33)17-18-3-4-19-5-6-21(28)16-20(19)15-18/h3-10,15-16,24,29H,2,11-14,17,28H2,1H3,(H2,30,33). The summed E-state index contributed by atoms with van der Waals surface area (Å²) in [5, 5.41) is 9.98. The van der Waals surface area contributed by atoms with Gasteiger partial charge in [0.1, 0.15) is 11.9 Å². The molecule has 0 aliphatic carbocycles. The van der Waals surface area contributed by atoms with Gasteiger partial charge in [-0.15, -0.1) is 0 Å². The maximum absolute atomic E-state index is 12.7. The number of carbonyl (C=O) groups excluding carboxylic acids is 2. The van der Waals surface area contributed by atoms with E-state index in [1.807, 2.05) is 43.3 Å². The van der Waals surface area contributed by atoms with Crippen LogP contribution in [0, 0.1) is 5.41 Å². The van der Waals surface area contributed by atoms with Gasteiger partial charge in [0.05, 0.1) is 12.4 Å². The molecule has 182 valence electrons. The molecule has 3 aromatic carbocycles. The quantitative estimate of drug-likeness (QED) is 0.218. The Balaban J connectivity index is 1.47. The number of nitrogens with one attached hydrogen (secondary N) is 1. The van der Waals surface area contributed by atoms with Crippen molar-refractivity contribution in [3.63, 3.8) is 0 Å². The summed E-state index contributed by atoms with van der Waals surface area (Å²) in [4.78, 5) is 27.9. The number of benzene rings is 3. The number of hydrogen-bond acceptors (Lipinski definition) is 5. The van der Waals surface area contributed by atoms with E-state index in [9.17, 15) is 9.59 Å². The molecule has 0 aromatic heterocycles. The number of fused-ring (bicyclic) bond motifs is 1. The third-order valence-electron chi connectivity index (χ3n) is 6.34. The summed E-state index contributed by atoms with van der Waals surface area (Å²) < 4.78 is 6.13. The number of rotatable bonds is 6. The first-order valence-electron chi connectivity index (χ1n) is 11.8. The van der Waals surface area contributed by atoms with E-state index in [2.05, 4.69) is 4.90 Å². The molecule has 0 bridgehead atoms. The lowest BCUT2D eigenvalue weighted by Crippen LogP contribution is -2.41. The average Bonchev–Trinajstić information content (AvgIpc) is 2.87. The van der Waals surface area contributed by atoms with Crippen molar-refractivity contribution in [1.82, 2.24) is 4.90 Å². The number of nitrogens with two attached hydrogens (primary N) is 2. The minimum atomic E-state index is -1.01. The number of anilines is 2. The molecule has 1 aliphatic heterocycles. The molecular weight excluding hydrogens is 442 g/mol. The van der Waals surface area contributed by atoms with Crippen molar-refractivity contribution < 1.29 is 14.3 Å². The molecule has 1 heterocycles. The Morgan fingerprint density at radius 1 is 1.03 bits per heavy atom. The van der Waals surface area contributed by atoms with Gasteiger partial charge in [0.2, 0.25) is 0 Å². The van der Waals surface area contributed by atoms with Crippen LogP contribution in [0.4, 0.5) is 11.4 Å². The van der Waals surface area contributed by atoms with Crippen molar-refractivity contribution in [2.75, 3.05) is 23.7 Å². The number of hydrogen-bond donors (Lipinski definition) is 3. The van der Waals surface area contributed by atoms with Gasteiger partial charge in [-0.2, -0.15) is 0 Å². The molecule has 0 atom stereocenters. The molecule has 35 heavy (non-hydrogen) atoms. The number of ether oxygens (including phenoxy) is 1. The van der Waals surface area contributed by atoms with Gasteiger partial charge in [-0.05, 0) is 58.8 Å². The van der Waals surface area contributed by atoms with Gasteiger partial charge in [-0.25, -0.2) is 0 Å². The Bertz CT molecular complexity index is 1230. The summed E-state index contributed by atoms with van der Waals surface area (Å²) in [6.45, 7) is 3.81. The second-order valence-electron chi connectivity index (χ2n) is 8.79. The number of piperidine rings is 1. The predicted molar refractivity (Wildman–Crippen MR) is 138 cm³/mol. The summed E-state index contributed by atoms with van der Waals surface area (Å²) in [5.74, 6) is -0.427. The number of carbonyl (C=O) groups is 2. The predicted octanol–water partition coefficient (Wildman–Crippen LogP) is 3.67. The Morgan fingerprint density at radius 2 is 1.71 bits per heavy atom. The first kappa shape index (κ1) is 24.1. The van der Waals surface area contributed by atoms with Gasteiger partial charge in [0.25, 0.3) is 0 Å². The Labute approximate surface area is 205 Å². The van der Waals surface area contributed by atoms with Crippen LogP contribution in [-0.4, -0.2) is 41.7 Å². The highest BCUT2D eigenvalue weighted by Gasteiger charge is 2.23. The number of likely N-dealkylation sites (tertiary alicyclic amines) is 1. The highest BCUT2D eigenvalue weighted by molar-refractivity contribution is 6.39. The van der Waals surface area contributed by atoms with Crippen LogP contribution in [0.1, 0.15) is 31.7 Å². The Morgan fingerprint density at radius 3 is 2.37 bits per heavy atom. The largest absolute Gasteiger partial charge is 0.490 e. The summed E-state index contributed by atoms with van der Waals surface area (Å²) in [5.41, 5.74) is 13.3. The number of primary amides is 1. The van der Waals surface area contributed by atoms with Crippen LogP contribution in [-0.2, 0) is 16.1 Å². The third kappa shape index (κ3) is 5.71. The van der Waals surface area contributed by atoms with Gasteiger partial charge in [-0.1, -0.05) is 25.1 Å². The van der Waals surface area contributed by atoms with Crippen LogP contribution >= 0.6 is 0 Å². The number of nitrogens with zero attached hydrogens (tertiary/aromatic N) is 2. The number of amidine groups is 1. The van der Waals surface area contributed by atoms with Crippen molar-refractivity contribution in [3.8, 4) is 5.75 Å². The molecule has 1 saturated heterocycles. The van der Waals surface area contributed by atoms with Gasteiger partial charge >= 0.3 is 11.8 Å². The van der Waals surface area contributed by atoms with E-state index >= 15 is 0 Å². The smallest absolute Gasteiger partial charge is 0.316 e. The maximum atomic E-state index is 12.7. The van der Waals surface area contributed by atoms with Crippen molar-refractivity contribution in [3.05, 3.63) is 66.2 Å². The van der Waals surface area contributed by atoms with Crippen LogP contribution in [0.5, 0.6) is 5.75 Å². The zero-order valence-electron chi connectivity index (χ0n) is 19.9. The summed E-state index contributed by atoms with van der Waals surface area (Å²) in [6.07, 6.45) is 2.52. The molecule has 1 fully saturated rings. The highest BCUT2D eigenvalue weighted by Crippen LogP contribution is 2.26. The minimum absolute atomic E-state index is 0.0788. The molecule has 1 aliphatic rings. The van der Waals surface area contributed by atoms with Crippen LogP contribution in [0.2, 0.25) is 0 Å². The first-order valence-corrected chi connectivity index (χ1v) is 11.8. The molecule has 8 heteroatoms. The van der Waals surface area contributed by atoms with Crippen molar-refractivity contribution in [2.24, 2.45) is 5.73 Å². The van der Waals surface area contributed by atoms with Crippen molar-refractivity contribution in [2.45, 2.75) is 38.8 Å². The van der Waals surface area contributed by atoms with E-state index in [1.165, 1.54) is 4.90 Å². The molecule has 3 aromatic rings. The summed E-state index contributed by atoms with van der Waals surface area (Å²) >= 11 is 0. The lowest BCUT2D eigenvalue weighted by molar-refractivity contribution is -0.135. The Kier molecular flexibility index (Phi) is 7.19. The van der Waals surface area contributed by atoms with E-state index in [-0.39, 0.29) is 12.6 Å². The van der Waals surface area contributed by atoms with Crippen LogP contribution in [0.3, 0.4) is 0 Å². The van der Waals surface area contributed by atoms with Gasteiger partial charge in [-0.3, -0.25) is 19.9 Å². The zero-order chi connectivity index (χ0) is 24.9. The van der Waals surface area contributed by atoms with E-state index in [0.29, 0.717) is 23.0 Å². The maximum Gasteiger partial charge on any atom is 0.316 e. The molecule has 0 spiro atoms. The second-order valence-corrected chi connectivity index (χ2v) is 8.79. The number of nitrogen functional groups attached to an aromatic ring is 1. The topological polar surface area (TPSA) is 126 Å². The second kappa shape index (κ2) is 10.5. The first-order chi connectivity index (χ1) is 16.8. The van der Waals surface area contributed by atoms with E-state index in [0.717, 1.165) is 48.7 Å². The van der Waals surface area contributed by atoms with Crippen molar-refractivity contribution >= 4 is 39.8 Å².